The van der Waals surface area contributed by atoms with Gasteiger partial charge in [-0.3, -0.25) is 0 Å². The molecule has 2 heteroatoms. The summed E-state index contributed by atoms with van der Waals surface area (Å²) in [7, 11) is 2.13. The van der Waals surface area contributed by atoms with Gasteiger partial charge in [0.2, 0.25) is 0 Å². The number of rotatable bonds is 1. The van der Waals surface area contributed by atoms with Crippen LogP contribution in [-0.4, -0.2) is 18.7 Å². The van der Waals surface area contributed by atoms with Crippen LogP contribution in [-0.2, 0) is 12.0 Å². The maximum absolute atomic E-state index is 10.2. The number of hydrogen-bond donors (Lipinski definition) is 1. The summed E-state index contributed by atoms with van der Waals surface area (Å²) in [5, 5.41) is 10.2. The van der Waals surface area contributed by atoms with Crippen LogP contribution < -0.4 is 4.90 Å². The quantitative estimate of drug-likeness (QED) is 0.755. The van der Waals surface area contributed by atoms with Gasteiger partial charge in [0.1, 0.15) is 0 Å². The fourth-order valence-electron chi connectivity index (χ4n) is 2.63. The van der Waals surface area contributed by atoms with Gasteiger partial charge in [-0.2, -0.15) is 0 Å². The van der Waals surface area contributed by atoms with Gasteiger partial charge in [0.05, 0.1) is 5.60 Å². The minimum Gasteiger partial charge on any atom is -0.385 e. The van der Waals surface area contributed by atoms with E-state index in [0.717, 1.165) is 31.4 Å². The first-order valence-corrected chi connectivity index (χ1v) is 5.77. The third-order valence-corrected chi connectivity index (χ3v) is 3.67. The number of benzene rings is 1. The Hall–Kier alpha value is -1.02. The van der Waals surface area contributed by atoms with Gasteiger partial charge in [0, 0.05) is 24.8 Å². The van der Waals surface area contributed by atoms with Crippen molar-refractivity contribution in [3.63, 3.8) is 0 Å². The van der Waals surface area contributed by atoms with Crippen LogP contribution >= 0.6 is 0 Å². The van der Waals surface area contributed by atoms with E-state index < -0.39 is 5.60 Å². The van der Waals surface area contributed by atoms with E-state index in [1.165, 1.54) is 17.7 Å². The van der Waals surface area contributed by atoms with E-state index in [2.05, 4.69) is 30.1 Å². The van der Waals surface area contributed by atoms with Gasteiger partial charge in [0.25, 0.3) is 0 Å². The standard InChI is InChI=1S/C13H17NO/c1-14-9-3-5-10-4-2-6-11(12(10)14)13(15)7-8-13/h2,4,6,15H,3,5,7-9H2,1H3. The highest BCUT2D eigenvalue weighted by molar-refractivity contribution is 5.63. The van der Waals surface area contributed by atoms with E-state index in [0.29, 0.717) is 0 Å². The van der Waals surface area contributed by atoms with Crippen molar-refractivity contribution in [2.45, 2.75) is 31.3 Å². The van der Waals surface area contributed by atoms with E-state index in [1.807, 2.05) is 0 Å². The molecule has 80 valence electrons. The molecule has 2 nitrogen and oxygen atoms in total. The van der Waals surface area contributed by atoms with Crippen molar-refractivity contribution in [1.29, 1.82) is 0 Å². The zero-order valence-electron chi connectivity index (χ0n) is 9.16. The highest BCUT2D eigenvalue weighted by Crippen LogP contribution is 2.50. The van der Waals surface area contributed by atoms with Gasteiger partial charge in [0.15, 0.2) is 0 Å². The molecule has 1 fully saturated rings. The fourth-order valence-corrected chi connectivity index (χ4v) is 2.63. The van der Waals surface area contributed by atoms with Crippen molar-refractivity contribution < 1.29 is 5.11 Å². The van der Waals surface area contributed by atoms with E-state index in [9.17, 15) is 5.11 Å². The van der Waals surface area contributed by atoms with Gasteiger partial charge in [-0.15, -0.1) is 0 Å². The van der Waals surface area contributed by atoms with Gasteiger partial charge in [-0.25, -0.2) is 0 Å². The average Bonchev–Trinajstić information content (AvgIpc) is 2.98. The van der Waals surface area contributed by atoms with Crippen LogP contribution in [0.5, 0.6) is 0 Å². The van der Waals surface area contributed by atoms with Gasteiger partial charge in [-0.05, 0) is 31.2 Å². The molecule has 1 aromatic rings. The second-order valence-electron chi connectivity index (χ2n) is 4.87. The molecule has 0 unspecified atom stereocenters. The molecule has 0 spiro atoms. The Morgan fingerprint density at radius 2 is 2.13 bits per heavy atom. The Morgan fingerprint density at radius 1 is 1.33 bits per heavy atom. The highest BCUT2D eigenvalue weighted by atomic mass is 16.3. The molecule has 1 heterocycles. The predicted octanol–water partition coefficient (Wildman–Crippen LogP) is 2.05. The zero-order chi connectivity index (χ0) is 10.5. The maximum atomic E-state index is 10.2. The smallest absolute Gasteiger partial charge is 0.0919 e. The van der Waals surface area contributed by atoms with Crippen LogP contribution in [0.4, 0.5) is 5.69 Å². The van der Waals surface area contributed by atoms with Gasteiger partial charge < -0.3 is 10.0 Å². The molecule has 0 aromatic heterocycles. The SMILES string of the molecule is CN1CCCc2cccc(C3(O)CC3)c21. The number of para-hydroxylation sites is 1. The number of aliphatic hydroxyl groups is 1. The molecule has 1 aliphatic heterocycles. The lowest BCUT2D eigenvalue weighted by Gasteiger charge is -2.31. The monoisotopic (exact) mass is 203 g/mol. The van der Waals surface area contributed by atoms with Crippen LogP contribution in [0.25, 0.3) is 0 Å². The van der Waals surface area contributed by atoms with E-state index in [4.69, 9.17) is 0 Å². The van der Waals surface area contributed by atoms with E-state index >= 15 is 0 Å². The minimum absolute atomic E-state index is 0.503. The molecule has 1 N–H and O–H groups in total. The molecule has 15 heavy (non-hydrogen) atoms. The van der Waals surface area contributed by atoms with Crippen molar-refractivity contribution in [2.24, 2.45) is 0 Å². The first-order chi connectivity index (χ1) is 7.21. The lowest BCUT2D eigenvalue weighted by Crippen LogP contribution is -2.27. The third kappa shape index (κ3) is 1.36. The van der Waals surface area contributed by atoms with Crippen molar-refractivity contribution in [1.82, 2.24) is 0 Å². The molecule has 3 rings (SSSR count). The number of hydrogen-bond acceptors (Lipinski definition) is 2. The Bertz CT molecular complexity index is 396. The maximum Gasteiger partial charge on any atom is 0.0919 e. The number of anilines is 1. The molecule has 0 bridgehead atoms. The van der Waals surface area contributed by atoms with Crippen LogP contribution in [0.1, 0.15) is 30.4 Å². The van der Waals surface area contributed by atoms with Crippen molar-refractivity contribution >= 4 is 5.69 Å². The van der Waals surface area contributed by atoms with Crippen molar-refractivity contribution in [2.75, 3.05) is 18.5 Å². The van der Waals surface area contributed by atoms with E-state index in [1.54, 1.807) is 0 Å². The normalized spacial score (nSPS) is 22.4. The summed E-state index contributed by atoms with van der Waals surface area (Å²) in [6, 6.07) is 6.37. The summed E-state index contributed by atoms with van der Waals surface area (Å²) < 4.78 is 0. The summed E-state index contributed by atoms with van der Waals surface area (Å²) in [5.74, 6) is 0. The molecule has 1 aromatic carbocycles. The first kappa shape index (κ1) is 9.22. The molecule has 1 aliphatic carbocycles. The average molecular weight is 203 g/mol. The number of fused-ring (bicyclic) bond motifs is 1. The summed E-state index contributed by atoms with van der Waals surface area (Å²) in [5.41, 5.74) is 3.35. The largest absolute Gasteiger partial charge is 0.385 e. The molecule has 2 aliphatic rings. The van der Waals surface area contributed by atoms with Gasteiger partial charge >= 0.3 is 0 Å². The Labute approximate surface area is 90.5 Å². The molecule has 0 saturated heterocycles. The summed E-state index contributed by atoms with van der Waals surface area (Å²) in [4.78, 5) is 2.30. The predicted molar refractivity (Wildman–Crippen MR) is 61.2 cm³/mol. The lowest BCUT2D eigenvalue weighted by atomic mass is 9.94. The Balaban J connectivity index is 2.14. The lowest BCUT2D eigenvalue weighted by molar-refractivity contribution is 0.151. The molecule has 0 atom stereocenters. The van der Waals surface area contributed by atoms with Crippen molar-refractivity contribution in [3.8, 4) is 0 Å². The second kappa shape index (κ2) is 2.99. The van der Waals surface area contributed by atoms with E-state index in [-0.39, 0.29) is 0 Å². The highest BCUT2D eigenvalue weighted by Gasteiger charge is 2.44. The Morgan fingerprint density at radius 3 is 2.87 bits per heavy atom. The second-order valence-corrected chi connectivity index (χ2v) is 4.87. The fraction of sp³-hybridized carbons (Fsp3) is 0.538. The molecular weight excluding hydrogens is 186 g/mol. The first-order valence-electron chi connectivity index (χ1n) is 5.77. The molecule has 0 radical (unpaired) electrons. The summed E-state index contributed by atoms with van der Waals surface area (Å²) in [6.45, 7) is 1.11. The van der Waals surface area contributed by atoms with Crippen LogP contribution in [0, 0.1) is 0 Å². The third-order valence-electron chi connectivity index (χ3n) is 3.67. The topological polar surface area (TPSA) is 23.5 Å². The van der Waals surface area contributed by atoms with Crippen LogP contribution in [0.2, 0.25) is 0 Å². The number of aryl methyl sites for hydroxylation is 1. The molecular formula is C13H17NO. The number of nitrogens with zero attached hydrogens (tertiary/aromatic N) is 1. The zero-order valence-corrected chi connectivity index (χ0v) is 9.16. The molecule has 0 amide bonds. The van der Waals surface area contributed by atoms with Crippen LogP contribution in [0.15, 0.2) is 18.2 Å². The Kier molecular flexibility index (Phi) is 1.84. The van der Waals surface area contributed by atoms with Crippen molar-refractivity contribution in [3.05, 3.63) is 29.3 Å². The summed E-state index contributed by atoms with van der Waals surface area (Å²) in [6.07, 6.45) is 4.24. The molecule has 1 saturated carbocycles. The minimum atomic E-state index is -0.503. The van der Waals surface area contributed by atoms with Crippen LogP contribution in [0.3, 0.4) is 0 Å². The summed E-state index contributed by atoms with van der Waals surface area (Å²) >= 11 is 0. The van der Waals surface area contributed by atoms with Gasteiger partial charge in [-0.1, -0.05) is 18.2 Å².